The summed E-state index contributed by atoms with van der Waals surface area (Å²) < 4.78 is 30.1. The molecule has 1 fully saturated rings. The van der Waals surface area contributed by atoms with Gasteiger partial charge in [-0.25, -0.2) is 8.78 Å². The van der Waals surface area contributed by atoms with Gasteiger partial charge in [0.1, 0.15) is 17.7 Å². The van der Waals surface area contributed by atoms with E-state index in [0.29, 0.717) is 10.8 Å². The SMILES string of the molecule is Fc1ccc(N2C(=S)N[C@H](c3ccccn3)[C@H]2c2cccn2-c2ccccc2F)cc1. The van der Waals surface area contributed by atoms with Gasteiger partial charge in [-0.05, 0) is 72.9 Å². The number of nitrogens with zero attached hydrogens (tertiary/aromatic N) is 3. The summed E-state index contributed by atoms with van der Waals surface area (Å²) in [6.45, 7) is 0. The molecule has 0 saturated carbocycles. The predicted molar refractivity (Wildman–Crippen MR) is 120 cm³/mol. The maximum absolute atomic E-state index is 14.7. The normalized spacial score (nSPS) is 18.3. The first kappa shape index (κ1) is 19.4. The van der Waals surface area contributed by atoms with Gasteiger partial charge in [0.15, 0.2) is 5.11 Å². The van der Waals surface area contributed by atoms with Crippen LogP contribution in [0.15, 0.2) is 91.3 Å². The first-order chi connectivity index (χ1) is 15.1. The molecule has 2 atom stereocenters. The van der Waals surface area contributed by atoms with E-state index in [2.05, 4.69) is 10.3 Å². The number of para-hydroxylation sites is 1. The topological polar surface area (TPSA) is 33.1 Å². The van der Waals surface area contributed by atoms with Gasteiger partial charge in [0.05, 0.1) is 17.4 Å². The zero-order valence-corrected chi connectivity index (χ0v) is 17.1. The molecule has 31 heavy (non-hydrogen) atoms. The number of hydrogen-bond acceptors (Lipinski definition) is 2. The Bertz CT molecular complexity index is 1220. The highest BCUT2D eigenvalue weighted by atomic mass is 32.1. The van der Waals surface area contributed by atoms with Crippen molar-refractivity contribution in [1.29, 1.82) is 0 Å². The fourth-order valence-corrected chi connectivity index (χ4v) is 4.38. The van der Waals surface area contributed by atoms with E-state index < -0.39 is 0 Å². The number of pyridine rings is 1. The lowest BCUT2D eigenvalue weighted by atomic mass is 10.0. The van der Waals surface area contributed by atoms with Crippen LogP contribution in [0.25, 0.3) is 5.69 Å². The highest BCUT2D eigenvalue weighted by Gasteiger charge is 2.42. The van der Waals surface area contributed by atoms with Crippen LogP contribution in [0.4, 0.5) is 14.5 Å². The van der Waals surface area contributed by atoms with Crippen LogP contribution in [0.2, 0.25) is 0 Å². The number of halogens is 2. The third-order valence-electron chi connectivity index (χ3n) is 5.40. The van der Waals surface area contributed by atoms with Crippen LogP contribution in [-0.4, -0.2) is 14.7 Å². The minimum absolute atomic E-state index is 0.279. The summed E-state index contributed by atoms with van der Waals surface area (Å²) in [4.78, 5) is 6.46. The fourth-order valence-electron chi connectivity index (χ4n) is 4.04. The van der Waals surface area contributed by atoms with E-state index in [1.165, 1.54) is 18.2 Å². The smallest absolute Gasteiger partial charge is 0.174 e. The molecule has 7 heteroatoms. The molecule has 1 aliphatic heterocycles. The van der Waals surface area contributed by atoms with Crippen LogP contribution < -0.4 is 10.2 Å². The highest BCUT2D eigenvalue weighted by molar-refractivity contribution is 7.80. The largest absolute Gasteiger partial charge is 0.351 e. The van der Waals surface area contributed by atoms with E-state index >= 15 is 0 Å². The van der Waals surface area contributed by atoms with Crippen molar-refractivity contribution in [2.75, 3.05) is 4.90 Å². The Morgan fingerprint density at radius 2 is 1.65 bits per heavy atom. The second-order valence-electron chi connectivity index (χ2n) is 7.23. The summed E-state index contributed by atoms with van der Waals surface area (Å²) in [6.07, 6.45) is 3.56. The Hall–Kier alpha value is -3.58. The minimum atomic E-state index is -0.331. The number of anilines is 1. The first-order valence-corrected chi connectivity index (χ1v) is 10.2. The van der Waals surface area contributed by atoms with E-state index in [4.69, 9.17) is 12.2 Å². The summed E-state index contributed by atoms with van der Waals surface area (Å²) in [5.74, 6) is -0.648. The van der Waals surface area contributed by atoms with Gasteiger partial charge in [0, 0.05) is 23.8 Å². The van der Waals surface area contributed by atoms with Crippen molar-refractivity contribution < 1.29 is 8.78 Å². The zero-order valence-electron chi connectivity index (χ0n) is 16.3. The lowest BCUT2D eigenvalue weighted by molar-refractivity contribution is 0.544. The fraction of sp³-hybridized carbons (Fsp3) is 0.0833. The average Bonchev–Trinajstić information content (AvgIpc) is 3.39. The van der Waals surface area contributed by atoms with Crippen molar-refractivity contribution in [1.82, 2.24) is 14.9 Å². The third-order valence-corrected chi connectivity index (χ3v) is 5.71. The summed E-state index contributed by atoms with van der Waals surface area (Å²) in [5, 5.41) is 3.85. The van der Waals surface area contributed by atoms with Crippen molar-refractivity contribution >= 4 is 23.0 Å². The molecule has 4 aromatic rings. The molecule has 2 aromatic heterocycles. The Kier molecular flexibility index (Phi) is 4.95. The van der Waals surface area contributed by atoms with Crippen molar-refractivity contribution in [2.45, 2.75) is 12.1 Å². The van der Waals surface area contributed by atoms with Crippen LogP contribution in [-0.2, 0) is 0 Å². The number of hydrogen-bond donors (Lipinski definition) is 1. The van der Waals surface area contributed by atoms with Crippen molar-refractivity contribution in [3.8, 4) is 5.69 Å². The maximum Gasteiger partial charge on any atom is 0.174 e. The minimum Gasteiger partial charge on any atom is -0.351 e. The van der Waals surface area contributed by atoms with E-state index in [-0.39, 0.29) is 23.7 Å². The van der Waals surface area contributed by atoms with Gasteiger partial charge in [-0.15, -0.1) is 0 Å². The Labute approximate surface area is 183 Å². The van der Waals surface area contributed by atoms with Gasteiger partial charge >= 0.3 is 0 Å². The molecule has 5 rings (SSSR count). The van der Waals surface area contributed by atoms with Crippen molar-refractivity contribution in [2.24, 2.45) is 0 Å². The molecular weight excluding hydrogens is 414 g/mol. The van der Waals surface area contributed by atoms with Crippen molar-refractivity contribution in [3.63, 3.8) is 0 Å². The lowest BCUT2D eigenvalue weighted by Gasteiger charge is -2.29. The standard InChI is InChI=1S/C24H18F2N4S/c25-16-10-12-17(13-11-16)30-23(22(28-24(30)31)19-7-3-4-14-27-19)21-9-5-15-29(21)20-8-2-1-6-18(20)26/h1-15,22-23H,(H,28,31)/t22-,23-/m1/s1. The second kappa shape index (κ2) is 7.92. The molecule has 0 radical (unpaired) electrons. The second-order valence-corrected chi connectivity index (χ2v) is 7.61. The molecule has 1 saturated heterocycles. The Morgan fingerprint density at radius 1 is 0.871 bits per heavy atom. The third kappa shape index (κ3) is 3.47. The van der Waals surface area contributed by atoms with Crippen LogP contribution in [0.3, 0.4) is 0 Å². The van der Waals surface area contributed by atoms with Gasteiger partial charge in [-0.3, -0.25) is 4.98 Å². The Morgan fingerprint density at radius 3 is 2.39 bits per heavy atom. The summed E-state index contributed by atoms with van der Waals surface area (Å²) >= 11 is 5.68. The summed E-state index contributed by atoms with van der Waals surface area (Å²) in [7, 11) is 0. The Balaban J connectivity index is 1.68. The lowest BCUT2D eigenvalue weighted by Crippen LogP contribution is -2.30. The number of rotatable bonds is 4. The molecule has 154 valence electrons. The molecule has 4 nitrogen and oxygen atoms in total. The predicted octanol–water partition coefficient (Wildman–Crippen LogP) is 5.33. The van der Waals surface area contributed by atoms with Gasteiger partial charge < -0.3 is 14.8 Å². The molecule has 3 heterocycles. The van der Waals surface area contributed by atoms with Crippen LogP contribution in [0.5, 0.6) is 0 Å². The summed E-state index contributed by atoms with van der Waals surface area (Å²) in [5.41, 5.74) is 2.82. The van der Waals surface area contributed by atoms with Crippen LogP contribution >= 0.6 is 12.2 Å². The van der Waals surface area contributed by atoms with Gasteiger partial charge in [-0.2, -0.15) is 0 Å². The van der Waals surface area contributed by atoms with Gasteiger partial charge in [0.25, 0.3) is 0 Å². The number of aromatic nitrogens is 2. The van der Waals surface area contributed by atoms with Crippen LogP contribution in [0, 0.1) is 11.6 Å². The van der Waals surface area contributed by atoms with E-state index in [0.717, 1.165) is 17.1 Å². The molecule has 0 amide bonds. The number of benzene rings is 2. The molecule has 0 unspecified atom stereocenters. The van der Waals surface area contributed by atoms with Gasteiger partial charge in [-0.1, -0.05) is 18.2 Å². The monoisotopic (exact) mass is 432 g/mol. The number of nitrogens with one attached hydrogen (secondary N) is 1. The van der Waals surface area contributed by atoms with Gasteiger partial charge in [0.2, 0.25) is 0 Å². The molecule has 2 aromatic carbocycles. The summed E-state index contributed by atoms with van der Waals surface area (Å²) in [6, 6.07) is 21.7. The molecule has 0 aliphatic carbocycles. The van der Waals surface area contributed by atoms with Crippen molar-refractivity contribution in [3.05, 3.63) is 114 Å². The first-order valence-electron chi connectivity index (χ1n) is 9.82. The molecule has 1 aliphatic rings. The highest BCUT2D eigenvalue weighted by Crippen LogP contribution is 2.42. The average molecular weight is 432 g/mol. The molecular formula is C24H18F2N4S. The zero-order chi connectivity index (χ0) is 21.4. The molecule has 0 spiro atoms. The number of thiocarbonyl (C=S) groups is 1. The molecule has 1 N–H and O–H groups in total. The quantitative estimate of drug-likeness (QED) is 0.442. The van der Waals surface area contributed by atoms with E-state index in [1.807, 2.05) is 46.0 Å². The van der Waals surface area contributed by atoms with E-state index in [9.17, 15) is 8.78 Å². The van der Waals surface area contributed by atoms with Crippen LogP contribution in [0.1, 0.15) is 23.5 Å². The maximum atomic E-state index is 14.7. The molecule has 0 bridgehead atoms. The van der Waals surface area contributed by atoms with E-state index in [1.54, 1.807) is 36.5 Å².